The van der Waals surface area contributed by atoms with Crippen molar-refractivity contribution in [2.24, 2.45) is 5.73 Å². The number of aromatic nitrogens is 2. The number of halogens is 2. The molecule has 2 aromatic heterocycles. The fraction of sp³-hybridized carbons (Fsp3) is 0.0870. The Morgan fingerprint density at radius 3 is 2.53 bits per heavy atom. The number of methoxy groups -OCH3 is 1. The first kappa shape index (κ1) is 21.4. The highest BCUT2D eigenvalue weighted by atomic mass is 32.1. The number of hydrogen-bond acceptors (Lipinski definition) is 6. The van der Waals surface area contributed by atoms with Gasteiger partial charge in [0.1, 0.15) is 28.7 Å². The fourth-order valence-corrected chi connectivity index (χ4v) is 4.06. The summed E-state index contributed by atoms with van der Waals surface area (Å²) in [4.78, 5) is 21.0. The van der Waals surface area contributed by atoms with Crippen molar-refractivity contribution < 1.29 is 23.0 Å². The molecule has 0 atom stereocenters. The molecule has 0 aliphatic carbocycles. The number of rotatable bonds is 7. The van der Waals surface area contributed by atoms with Crippen LogP contribution in [-0.2, 0) is 6.61 Å². The lowest BCUT2D eigenvalue weighted by Gasteiger charge is -2.08. The van der Waals surface area contributed by atoms with E-state index in [9.17, 15) is 13.6 Å². The van der Waals surface area contributed by atoms with Crippen molar-refractivity contribution >= 4 is 17.2 Å². The number of primary amides is 1. The summed E-state index contributed by atoms with van der Waals surface area (Å²) < 4.78 is 38.9. The maximum absolute atomic E-state index is 14.5. The summed E-state index contributed by atoms with van der Waals surface area (Å²) in [5.74, 6) is -2.97. The molecule has 0 spiro atoms. The summed E-state index contributed by atoms with van der Waals surface area (Å²) in [5, 5.41) is 0.555. The van der Waals surface area contributed by atoms with Crippen LogP contribution < -0.4 is 15.2 Å². The molecule has 32 heavy (non-hydrogen) atoms. The molecular weight excluding hydrogens is 436 g/mol. The Morgan fingerprint density at radius 1 is 1.09 bits per heavy atom. The number of benzene rings is 2. The van der Waals surface area contributed by atoms with Crippen LogP contribution in [-0.4, -0.2) is 23.0 Å². The zero-order valence-corrected chi connectivity index (χ0v) is 17.7. The molecule has 0 saturated carbocycles. The standard InChI is InChI=1S/C23H17F2N3O3S/c1-30-15-6-4-13(5-7-15)21-22(14-3-2-10-27-11-14)32-18(28-21)12-31-17-9-8-16(24)19(20(17)25)23(26)29/h2-11H,12H2,1H3,(H2,26,29). The Labute approximate surface area is 186 Å². The summed E-state index contributed by atoms with van der Waals surface area (Å²) in [7, 11) is 1.59. The monoisotopic (exact) mass is 453 g/mol. The van der Waals surface area contributed by atoms with E-state index in [0.717, 1.165) is 28.1 Å². The number of hydrogen-bond donors (Lipinski definition) is 1. The predicted molar refractivity (Wildman–Crippen MR) is 117 cm³/mol. The summed E-state index contributed by atoms with van der Waals surface area (Å²) in [5.41, 5.74) is 6.66. The van der Waals surface area contributed by atoms with E-state index in [1.54, 1.807) is 19.5 Å². The van der Waals surface area contributed by atoms with Crippen LogP contribution in [0.15, 0.2) is 60.9 Å². The fourth-order valence-electron chi connectivity index (χ4n) is 3.07. The molecule has 6 nitrogen and oxygen atoms in total. The minimum absolute atomic E-state index is 0.0885. The van der Waals surface area contributed by atoms with Crippen LogP contribution >= 0.6 is 11.3 Å². The van der Waals surface area contributed by atoms with Crippen LogP contribution in [0.3, 0.4) is 0 Å². The van der Waals surface area contributed by atoms with Crippen molar-refractivity contribution in [2.75, 3.05) is 7.11 Å². The van der Waals surface area contributed by atoms with E-state index in [1.165, 1.54) is 11.3 Å². The largest absolute Gasteiger partial charge is 0.497 e. The first-order valence-corrected chi connectivity index (χ1v) is 10.2. The van der Waals surface area contributed by atoms with Crippen molar-refractivity contribution in [3.8, 4) is 33.2 Å². The van der Waals surface area contributed by atoms with Gasteiger partial charge in [-0.3, -0.25) is 9.78 Å². The molecule has 1 amide bonds. The minimum atomic E-state index is -1.21. The highest BCUT2D eigenvalue weighted by molar-refractivity contribution is 7.15. The average molecular weight is 453 g/mol. The van der Waals surface area contributed by atoms with Gasteiger partial charge in [-0.15, -0.1) is 11.3 Å². The summed E-state index contributed by atoms with van der Waals surface area (Å²) in [6.45, 7) is -0.0885. The SMILES string of the molecule is COc1ccc(-c2nc(COc3ccc(F)c(C(N)=O)c3F)sc2-c2cccnc2)cc1. The van der Waals surface area contributed by atoms with Crippen molar-refractivity contribution in [3.05, 3.63) is 83.1 Å². The first-order valence-electron chi connectivity index (χ1n) is 9.43. The molecule has 0 saturated heterocycles. The number of thiazole rings is 1. The van der Waals surface area contributed by atoms with E-state index >= 15 is 0 Å². The zero-order chi connectivity index (χ0) is 22.7. The first-order chi connectivity index (χ1) is 15.5. The lowest BCUT2D eigenvalue weighted by Crippen LogP contribution is -2.16. The number of carbonyl (C=O) groups excluding carboxylic acids is 1. The third-order valence-electron chi connectivity index (χ3n) is 4.61. The van der Waals surface area contributed by atoms with Crippen LogP contribution in [0.2, 0.25) is 0 Å². The number of ether oxygens (including phenoxy) is 2. The van der Waals surface area contributed by atoms with Gasteiger partial charge in [0.15, 0.2) is 11.6 Å². The molecule has 2 heterocycles. The van der Waals surface area contributed by atoms with E-state index in [1.807, 2.05) is 36.4 Å². The van der Waals surface area contributed by atoms with Crippen molar-refractivity contribution in [2.45, 2.75) is 6.61 Å². The van der Waals surface area contributed by atoms with Gasteiger partial charge in [-0.2, -0.15) is 0 Å². The maximum Gasteiger partial charge on any atom is 0.254 e. The molecule has 4 aromatic rings. The van der Waals surface area contributed by atoms with Crippen molar-refractivity contribution in [3.63, 3.8) is 0 Å². The lowest BCUT2D eigenvalue weighted by atomic mass is 10.1. The second kappa shape index (κ2) is 9.11. The Bertz CT molecular complexity index is 1260. The van der Waals surface area contributed by atoms with Gasteiger partial charge in [-0.05, 0) is 42.5 Å². The van der Waals surface area contributed by atoms with Crippen LogP contribution in [0.25, 0.3) is 21.7 Å². The number of carbonyl (C=O) groups is 1. The predicted octanol–water partition coefficient (Wildman–Crippen LogP) is 4.84. The summed E-state index contributed by atoms with van der Waals surface area (Å²) in [6, 6.07) is 13.2. The van der Waals surface area contributed by atoms with Gasteiger partial charge in [0.05, 0.1) is 17.7 Å². The Kier molecular flexibility index (Phi) is 6.09. The van der Waals surface area contributed by atoms with E-state index in [0.29, 0.717) is 16.5 Å². The minimum Gasteiger partial charge on any atom is -0.497 e. The molecule has 0 radical (unpaired) electrons. The maximum atomic E-state index is 14.5. The van der Waals surface area contributed by atoms with Gasteiger partial charge in [-0.25, -0.2) is 13.8 Å². The number of nitrogens with two attached hydrogens (primary N) is 1. The second-order valence-electron chi connectivity index (χ2n) is 6.64. The van der Waals surface area contributed by atoms with Gasteiger partial charge in [0.2, 0.25) is 0 Å². The average Bonchev–Trinajstić information content (AvgIpc) is 3.23. The molecular formula is C23H17F2N3O3S. The van der Waals surface area contributed by atoms with Crippen molar-refractivity contribution in [1.29, 1.82) is 0 Å². The molecule has 0 aliphatic heterocycles. The molecule has 0 bridgehead atoms. The Hall–Kier alpha value is -3.85. The summed E-state index contributed by atoms with van der Waals surface area (Å²) in [6.07, 6.45) is 3.40. The molecule has 4 rings (SSSR count). The van der Waals surface area contributed by atoms with Gasteiger partial charge >= 0.3 is 0 Å². The highest BCUT2D eigenvalue weighted by Crippen LogP contribution is 2.37. The second-order valence-corrected chi connectivity index (χ2v) is 7.73. The van der Waals surface area contributed by atoms with E-state index < -0.39 is 23.1 Å². The quantitative estimate of drug-likeness (QED) is 0.433. The molecule has 2 N–H and O–H groups in total. The normalized spacial score (nSPS) is 10.7. The van der Waals surface area contributed by atoms with Gasteiger partial charge in [-0.1, -0.05) is 6.07 Å². The van der Waals surface area contributed by atoms with Gasteiger partial charge in [0.25, 0.3) is 5.91 Å². The Balaban J connectivity index is 1.68. The van der Waals surface area contributed by atoms with Crippen molar-refractivity contribution in [1.82, 2.24) is 9.97 Å². The topological polar surface area (TPSA) is 87.3 Å². The highest BCUT2D eigenvalue weighted by Gasteiger charge is 2.20. The summed E-state index contributed by atoms with van der Waals surface area (Å²) >= 11 is 1.36. The molecule has 0 fully saturated rings. The number of pyridine rings is 1. The number of nitrogens with zero attached hydrogens (tertiary/aromatic N) is 2. The van der Waals surface area contributed by atoms with Gasteiger partial charge in [0, 0.05) is 23.5 Å². The Morgan fingerprint density at radius 2 is 1.88 bits per heavy atom. The van der Waals surface area contributed by atoms with Crippen LogP contribution in [0, 0.1) is 11.6 Å². The lowest BCUT2D eigenvalue weighted by molar-refractivity contribution is 0.0991. The molecule has 162 valence electrons. The zero-order valence-electron chi connectivity index (χ0n) is 16.8. The smallest absolute Gasteiger partial charge is 0.254 e. The van der Waals surface area contributed by atoms with Crippen LogP contribution in [0.5, 0.6) is 11.5 Å². The third-order valence-corrected chi connectivity index (χ3v) is 5.69. The van der Waals surface area contributed by atoms with Crippen LogP contribution in [0.4, 0.5) is 8.78 Å². The van der Waals surface area contributed by atoms with E-state index in [4.69, 9.17) is 15.2 Å². The van der Waals surface area contributed by atoms with Crippen LogP contribution in [0.1, 0.15) is 15.4 Å². The third kappa shape index (κ3) is 4.28. The van der Waals surface area contributed by atoms with Gasteiger partial charge < -0.3 is 15.2 Å². The number of amides is 1. The molecule has 2 aromatic carbocycles. The van der Waals surface area contributed by atoms with E-state index in [2.05, 4.69) is 9.97 Å². The molecule has 0 aliphatic rings. The molecule has 0 unspecified atom stereocenters. The molecule has 9 heteroatoms. The van der Waals surface area contributed by atoms with E-state index in [-0.39, 0.29) is 12.4 Å².